The van der Waals surface area contributed by atoms with Crippen LogP contribution in [-0.2, 0) is 14.3 Å². The van der Waals surface area contributed by atoms with Gasteiger partial charge in [0.1, 0.15) is 6.10 Å². The van der Waals surface area contributed by atoms with Crippen LogP contribution in [0.3, 0.4) is 0 Å². The zero-order chi connectivity index (χ0) is 19.9. The number of carboxylic acid groups (broad SMARTS) is 1. The number of rotatable bonds is 15. The Bertz CT molecular complexity index is 407. The van der Waals surface area contributed by atoms with Gasteiger partial charge in [0, 0.05) is 0 Å². The number of carboxylic acids is 1. The smallest absolute Gasteiger partial charge is 0.310 e. The summed E-state index contributed by atoms with van der Waals surface area (Å²) in [4.78, 5) is 24.2. The van der Waals surface area contributed by atoms with Gasteiger partial charge in [-0.25, -0.2) is 0 Å². The average Bonchev–Trinajstić information content (AvgIpc) is 2.67. The Morgan fingerprint density at radius 1 is 0.815 bits per heavy atom. The molecule has 1 rings (SSSR count). The highest BCUT2D eigenvalue weighted by atomic mass is 16.5. The Labute approximate surface area is 166 Å². The van der Waals surface area contributed by atoms with E-state index >= 15 is 0 Å². The van der Waals surface area contributed by atoms with Crippen LogP contribution in [0.2, 0.25) is 0 Å². The number of aliphatic carboxylic acids is 1. The van der Waals surface area contributed by atoms with Crippen molar-refractivity contribution in [2.45, 2.75) is 123 Å². The van der Waals surface area contributed by atoms with Crippen LogP contribution >= 0.6 is 0 Å². The quantitative estimate of drug-likeness (QED) is 0.259. The van der Waals surface area contributed by atoms with Gasteiger partial charge in [-0.3, -0.25) is 9.59 Å². The van der Waals surface area contributed by atoms with E-state index in [-0.39, 0.29) is 12.1 Å². The summed E-state index contributed by atoms with van der Waals surface area (Å²) in [5.74, 6) is -2.10. The Kier molecular flexibility index (Phi) is 13.3. The molecule has 0 aromatic heterocycles. The molecule has 0 radical (unpaired) electrons. The maximum absolute atomic E-state index is 12.7. The molecule has 158 valence electrons. The summed E-state index contributed by atoms with van der Waals surface area (Å²) in [6.07, 6.45) is 17.1. The molecule has 3 atom stereocenters. The van der Waals surface area contributed by atoms with E-state index in [1.165, 1.54) is 38.5 Å². The average molecular weight is 383 g/mol. The van der Waals surface area contributed by atoms with Crippen molar-refractivity contribution in [3.63, 3.8) is 0 Å². The van der Waals surface area contributed by atoms with Gasteiger partial charge in [-0.2, -0.15) is 0 Å². The van der Waals surface area contributed by atoms with Gasteiger partial charge in [0.15, 0.2) is 0 Å². The number of carbonyl (C=O) groups excluding carboxylic acids is 1. The van der Waals surface area contributed by atoms with E-state index in [1.54, 1.807) is 0 Å². The predicted molar refractivity (Wildman–Crippen MR) is 110 cm³/mol. The highest BCUT2D eigenvalue weighted by molar-refractivity contribution is 5.81. The molecule has 0 amide bonds. The largest absolute Gasteiger partial charge is 0.481 e. The second-order valence-electron chi connectivity index (χ2n) is 8.30. The monoisotopic (exact) mass is 382 g/mol. The van der Waals surface area contributed by atoms with Gasteiger partial charge < -0.3 is 9.84 Å². The third-order valence-corrected chi connectivity index (χ3v) is 5.93. The van der Waals surface area contributed by atoms with Gasteiger partial charge in [-0.05, 0) is 38.5 Å². The zero-order valence-electron chi connectivity index (χ0n) is 17.7. The van der Waals surface area contributed by atoms with Crippen LogP contribution < -0.4 is 0 Å². The van der Waals surface area contributed by atoms with Crippen LogP contribution in [0.25, 0.3) is 0 Å². The first-order valence-electron chi connectivity index (χ1n) is 11.5. The molecule has 1 saturated carbocycles. The van der Waals surface area contributed by atoms with Gasteiger partial charge in [0.2, 0.25) is 0 Å². The highest BCUT2D eigenvalue weighted by Crippen LogP contribution is 2.32. The Morgan fingerprint density at radius 3 is 1.89 bits per heavy atom. The summed E-state index contributed by atoms with van der Waals surface area (Å²) in [6.45, 7) is 4.41. The molecule has 0 spiro atoms. The lowest BCUT2D eigenvalue weighted by atomic mass is 9.79. The van der Waals surface area contributed by atoms with E-state index in [1.807, 2.05) is 0 Å². The molecule has 4 heteroatoms. The summed E-state index contributed by atoms with van der Waals surface area (Å²) < 4.78 is 5.86. The fourth-order valence-electron chi connectivity index (χ4n) is 4.17. The number of unbranched alkanes of at least 4 members (excludes halogenated alkanes) is 8. The number of hydrogen-bond acceptors (Lipinski definition) is 3. The Morgan fingerprint density at radius 2 is 1.30 bits per heavy atom. The molecule has 0 heterocycles. The van der Waals surface area contributed by atoms with Crippen molar-refractivity contribution in [1.29, 1.82) is 0 Å². The standard InChI is InChI=1S/C23H42O4/c1-3-5-7-8-9-10-12-16-19(15-11-6-4-2)27-23(26)21-18-14-13-17-20(21)22(24)25/h19-21H,3-18H2,1-2H3,(H,24,25). The fourth-order valence-corrected chi connectivity index (χ4v) is 4.17. The molecule has 0 saturated heterocycles. The fraction of sp³-hybridized carbons (Fsp3) is 0.913. The molecule has 0 aromatic carbocycles. The molecular weight excluding hydrogens is 340 g/mol. The van der Waals surface area contributed by atoms with Crippen LogP contribution in [0.15, 0.2) is 0 Å². The second kappa shape index (κ2) is 14.9. The first kappa shape index (κ1) is 24.0. The van der Waals surface area contributed by atoms with E-state index in [4.69, 9.17) is 4.74 Å². The van der Waals surface area contributed by atoms with Gasteiger partial charge in [-0.15, -0.1) is 0 Å². The molecular formula is C23H42O4. The molecule has 1 aliphatic carbocycles. The first-order valence-corrected chi connectivity index (χ1v) is 11.5. The third-order valence-electron chi connectivity index (χ3n) is 5.93. The molecule has 1 N–H and O–H groups in total. The molecule has 1 aliphatic rings. The summed E-state index contributed by atoms with van der Waals surface area (Å²) in [5.41, 5.74) is 0. The van der Waals surface area contributed by atoms with Crippen LogP contribution in [0.4, 0.5) is 0 Å². The summed E-state index contributed by atoms with van der Waals surface area (Å²) in [7, 11) is 0. The van der Waals surface area contributed by atoms with Gasteiger partial charge >= 0.3 is 11.9 Å². The minimum Gasteiger partial charge on any atom is -0.481 e. The molecule has 0 aliphatic heterocycles. The number of carbonyl (C=O) groups is 2. The van der Waals surface area contributed by atoms with Gasteiger partial charge in [-0.1, -0.05) is 78.1 Å². The number of ether oxygens (including phenoxy) is 1. The van der Waals surface area contributed by atoms with Crippen molar-refractivity contribution < 1.29 is 19.4 Å². The van der Waals surface area contributed by atoms with Crippen molar-refractivity contribution in [2.24, 2.45) is 11.8 Å². The normalized spacial score (nSPS) is 21.0. The van der Waals surface area contributed by atoms with E-state index in [2.05, 4.69) is 13.8 Å². The van der Waals surface area contributed by atoms with E-state index in [0.29, 0.717) is 12.8 Å². The lowest BCUT2D eigenvalue weighted by Gasteiger charge is -2.28. The van der Waals surface area contributed by atoms with Gasteiger partial charge in [0.05, 0.1) is 11.8 Å². The maximum Gasteiger partial charge on any atom is 0.310 e. The number of hydrogen-bond donors (Lipinski definition) is 1. The van der Waals surface area contributed by atoms with E-state index in [0.717, 1.165) is 51.4 Å². The molecule has 1 fully saturated rings. The lowest BCUT2D eigenvalue weighted by Crippen LogP contribution is -2.35. The topological polar surface area (TPSA) is 63.6 Å². The SMILES string of the molecule is CCCCCCCCCC(CCCCC)OC(=O)C1CCCCC1C(=O)O. The summed E-state index contributed by atoms with van der Waals surface area (Å²) >= 11 is 0. The minimum atomic E-state index is -0.841. The summed E-state index contributed by atoms with van der Waals surface area (Å²) in [6, 6.07) is 0. The lowest BCUT2D eigenvalue weighted by molar-refractivity contribution is -0.164. The van der Waals surface area contributed by atoms with Crippen molar-refractivity contribution in [1.82, 2.24) is 0 Å². The van der Waals surface area contributed by atoms with E-state index < -0.39 is 17.8 Å². The minimum absolute atomic E-state index is 0.0314. The van der Waals surface area contributed by atoms with Crippen molar-refractivity contribution in [3.8, 4) is 0 Å². The second-order valence-corrected chi connectivity index (χ2v) is 8.30. The third kappa shape index (κ3) is 10.2. The molecule has 0 aromatic rings. The predicted octanol–water partition coefficient (Wildman–Crippen LogP) is 6.51. The molecule has 0 bridgehead atoms. The van der Waals surface area contributed by atoms with E-state index in [9.17, 15) is 14.7 Å². The molecule has 27 heavy (non-hydrogen) atoms. The molecule has 3 unspecified atom stereocenters. The van der Waals surface area contributed by atoms with Crippen LogP contribution in [0.1, 0.15) is 117 Å². The van der Waals surface area contributed by atoms with Crippen molar-refractivity contribution in [3.05, 3.63) is 0 Å². The van der Waals surface area contributed by atoms with Crippen LogP contribution in [-0.4, -0.2) is 23.1 Å². The van der Waals surface area contributed by atoms with Gasteiger partial charge in [0.25, 0.3) is 0 Å². The van der Waals surface area contributed by atoms with Crippen molar-refractivity contribution in [2.75, 3.05) is 0 Å². The first-order chi connectivity index (χ1) is 13.1. The summed E-state index contributed by atoms with van der Waals surface area (Å²) in [5, 5.41) is 9.42. The zero-order valence-corrected chi connectivity index (χ0v) is 17.7. The van der Waals surface area contributed by atoms with Crippen molar-refractivity contribution >= 4 is 11.9 Å². The molecule has 4 nitrogen and oxygen atoms in total. The highest BCUT2D eigenvalue weighted by Gasteiger charge is 2.37. The van der Waals surface area contributed by atoms with Crippen LogP contribution in [0, 0.1) is 11.8 Å². The number of esters is 1. The Hall–Kier alpha value is -1.06. The maximum atomic E-state index is 12.7. The van der Waals surface area contributed by atoms with Crippen LogP contribution in [0.5, 0.6) is 0 Å². The Balaban J connectivity index is 2.44.